The fourth-order valence-electron chi connectivity index (χ4n) is 1.61. The Balaban J connectivity index is 2.38. The van der Waals surface area contributed by atoms with Crippen LogP contribution in [0, 0.1) is 5.82 Å². The molecular formula is C14H21FN2O. The topological polar surface area (TPSA) is 32.3 Å². The minimum absolute atomic E-state index is 0.230. The van der Waals surface area contributed by atoms with Crippen LogP contribution >= 0.6 is 0 Å². The third-order valence-electron chi connectivity index (χ3n) is 3.18. The summed E-state index contributed by atoms with van der Waals surface area (Å²) in [6.45, 7) is 5.63. The van der Waals surface area contributed by atoms with Gasteiger partial charge in [0.1, 0.15) is 5.82 Å². The second kappa shape index (κ2) is 7.11. The molecule has 0 heterocycles. The zero-order valence-electron chi connectivity index (χ0n) is 11.2. The molecule has 0 radical (unpaired) electrons. The minimum atomic E-state index is -0.389. The first-order chi connectivity index (χ1) is 8.54. The highest BCUT2D eigenvalue weighted by molar-refractivity contribution is 5.94. The van der Waals surface area contributed by atoms with Crippen molar-refractivity contribution in [3.05, 3.63) is 35.6 Å². The van der Waals surface area contributed by atoms with Gasteiger partial charge in [-0.25, -0.2) is 4.39 Å². The van der Waals surface area contributed by atoms with Crippen LogP contribution in [0.25, 0.3) is 0 Å². The van der Waals surface area contributed by atoms with Gasteiger partial charge in [-0.05, 0) is 38.6 Å². The summed E-state index contributed by atoms with van der Waals surface area (Å²) in [5, 5.41) is 2.79. The Morgan fingerprint density at radius 1 is 1.50 bits per heavy atom. The average molecular weight is 252 g/mol. The summed E-state index contributed by atoms with van der Waals surface area (Å²) in [6, 6.07) is 6.21. The maximum Gasteiger partial charge on any atom is 0.251 e. The molecule has 0 saturated heterocycles. The quantitative estimate of drug-likeness (QED) is 0.842. The average Bonchev–Trinajstić information content (AvgIpc) is 2.37. The summed E-state index contributed by atoms with van der Waals surface area (Å²) < 4.78 is 12.9. The number of nitrogens with zero attached hydrogens (tertiary/aromatic N) is 1. The molecule has 0 saturated carbocycles. The summed E-state index contributed by atoms with van der Waals surface area (Å²) in [7, 11) is 2.03. The van der Waals surface area contributed by atoms with Gasteiger partial charge in [-0.1, -0.05) is 13.0 Å². The van der Waals surface area contributed by atoms with Gasteiger partial charge in [-0.2, -0.15) is 0 Å². The third kappa shape index (κ3) is 4.45. The number of nitrogens with one attached hydrogen (secondary N) is 1. The van der Waals surface area contributed by atoms with Crippen LogP contribution in [0.3, 0.4) is 0 Å². The third-order valence-corrected chi connectivity index (χ3v) is 3.18. The highest BCUT2D eigenvalue weighted by Crippen LogP contribution is 2.03. The van der Waals surface area contributed by atoms with Crippen molar-refractivity contribution in [1.29, 1.82) is 0 Å². The predicted molar refractivity (Wildman–Crippen MR) is 71.1 cm³/mol. The van der Waals surface area contributed by atoms with Crippen LogP contribution < -0.4 is 5.32 Å². The Morgan fingerprint density at radius 2 is 2.22 bits per heavy atom. The second-order valence-electron chi connectivity index (χ2n) is 4.50. The maximum absolute atomic E-state index is 12.9. The fourth-order valence-corrected chi connectivity index (χ4v) is 1.61. The number of carbonyl (C=O) groups excluding carboxylic acids is 1. The second-order valence-corrected chi connectivity index (χ2v) is 4.50. The molecule has 1 atom stereocenters. The molecule has 1 N–H and O–H groups in total. The Bertz CT molecular complexity index is 395. The zero-order valence-corrected chi connectivity index (χ0v) is 11.2. The van der Waals surface area contributed by atoms with Gasteiger partial charge in [0.15, 0.2) is 0 Å². The van der Waals surface area contributed by atoms with Crippen molar-refractivity contribution >= 4 is 5.91 Å². The first-order valence-corrected chi connectivity index (χ1v) is 6.28. The van der Waals surface area contributed by atoms with E-state index in [4.69, 9.17) is 0 Å². The van der Waals surface area contributed by atoms with E-state index in [1.165, 1.54) is 18.2 Å². The highest BCUT2D eigenvalue weighted by Gasteiger charge is 2.08. The van der Waals surface area contributed by atoms with Crippen molar-refractivity contribution in [2.45, 2.75) is 26.3 Å². The lowest BCUT2D eigenvalue weighted by Crippen LogP contribution is -2.37. The van der Waals surface area contributed by atoms with Crippen molar-refractivity contribution < 1.29 is 9.18 Å². The van der Waals surface area contributed by atoms with Crippen LogP contribution in [0.5, 0.6) is 0 Å². The van der Waals surface area contributed by atoms with E-state index in [0.717, 1.165) is 13.0 Å². The van der Waals surface area contributed by atoms with E-state index in [9.17, 15) is 9.18 Å². The summed E-state index contributed by atoms with van der Waals surface area (Å²) >= 11 is 0. The summed E-state index contributed by atoms with van der Waals surface area (Å²) in [5.74, 6) is -0.619. The maximum atomic E-state index is 12.9. The van der Waals surface area contributed by atoms with Crippen LogP contribution in [0.15, 0.2) is 24.3 Å². The number of benzene rings is 1. The molecule has 1 amide bonds. The number of hydrogen-bond acceptors (Lipinski definition) is 2. The van der Waals surface area contributed by atoms with Gasteiger partial charge < -0.3 is 10.2 Å². The zero-order chi connectivity index (χ0) is 13.5. The molecule has 100 valence electrons. The highest BCUT2D eigenvalue weighted by atomic mass is 19.1. The van der Waals surface area contributed by atoms with Gasteiger partial charge in [0.25, 0.3) is 5.91 Å². The molecule has 0 aliphatic carbocycles. The minimum Gasteiger partial charge on any atom is -0.351 e. The van der Waals surface area contributed by atoms with Gasteiger partial charge >= 0.3 is 0 Å². The van der Waals surface area contributed by atoms with E-state index >= 15 is 0 Å². The molecule has 0 bridgehead atoms. The first-order valence-electron chi connectivity index (χ1n) is 6.28. The Morgan fingerprint density at radius 3 is 2.83 bits per heavy atom. The molecule has 18 heavy (non-hydrogen) atoms. The molecule has 0 aliphatic heterocycles. The summed E-state index contributed by atoms with van der Waals surface area (Å²) in [5.41, 5.74) is 0.362. The monoisotopic (exact) mass is 252 g/mol. The molecule has 1 rings (SSSR count). The molecule has 3 nitrogen and oxygen atoms in total. The van der Waals surface area contributed by atoms with Gasteiger partial charge in [0, 0.05) is 24.7 Å². The van der Waals surface area contributed by atoms with E-state index in [1.54, 1.807) is 6.07 Å². The normalized spacial score (nSPS) is 12.5. The van der Waals surface area contributed by atoms with E-state index < -0.39 is 0 Å². The van der Waals surface area contributed by atoms with Crippen LogP contribution in [0.2, 0.25) is 0 Å². The standard InChI is InChI=1S/C14H21FN2O/c1-4-11(2)17(3)9-8-16-14(18)12-6-5-7-13(15)10-12/h5-7,10-11H,4,8-9H2,1-3H3,(H,16,18). The molecule has 0 aromatic heterocycles. The van der Waals surface area contributed by atoms with Crippen molar-refractivity contribution in [1.82, 2.24) is 10.2 Å². The number of likely N-dealkylation sites (N-methyl/N-ethyl adjacent to an activating group) is 1. The SMILES string of the molecule is CCC(C)N(C)CCNC(=O)c1cccc(F)c1. The Labute approximate surface area is 108 Å². The van der Waals surface area contributed by atoms with Crippen LogP contribution in [-0.2, 0) is 0 Å². The molecule has 1 unspecified atom stereocenters. The van der Waals surface area contributed by atoms with Gasteiger partial charge in [0.2, 0.25) is 0 Å². The summed E-state index contributed by atoms with van der Waals surface area (Å²) in [4.78, 5) is 13.9. The van der Waals surface area contributed by atoms with E-state index in [1.807, 2.05) is 7.05 Å². The van der Waals surface area contributed by atoms with E-state index in [2.05, 4.69) is 24.1 Å². The van der Waals surface area contributed by atoms with E-state index in [0.29, 0.717) is 18.2 Å². The fraction of sp³-hybridized carbons (Fsp3) is 0.500. The lowest BCUT2D eigenvalue weighted by atomic mass is 10.2. The Hall–Kier alpha value is -1.42. The molecule has 0 aliphatic rings. The van der Waals surface area contributed by atoms with Crippen LogP contribution in [0.4, 0.5) is 4.39 Å². The first kappa shape index (κ1) is 14.6. The van der Waals surface area contributed by atoms with Crippen LogP contribution in [-0.4, -0.2) is 37.0 Å². The number of halogens is 1. The smallest absolute Gasteiger partial charge is 0.251 e. The molecule has 0 spiro atoms. The number of hydrogen-bond donors (Lipinski definition) is 1. The van der Waals surface area contributed by atoms with Crippen molar-refractivity contribution in [2.75, 3.05) is 20.1 Å². The lowest BCUT2D eigenvalue weighted by Gasteiger charge is -2.23. The number of carbonyl (C=O) groups is 1. The Kier molecular flexibility index (Phi) is 5.78. The van der Waals surface area contributed by atoms with Gasteiger partial charge in [0.05, 0.1) is 0 Å². The van der Waals surface area contributed by atoms with Crippen molar-refractivity contribution in [3.8, 4) is 0 Å². The predicted octanol–water partition coefficient (Wildman–Crippen LogP) is 2.29. The van der Waals surface area contributed by atoms with Gasteiger partial charge in [-0.3, -0.25) is 4.79 Å². The molecular weight excluding hydrogens is 231 g/mol. The van der Waals surface area contributed by atoms with Crippen molar-refractivity contribution in [3.63, 3.8) is 0 Å². The number of amides is 1. The molecule has 1 aromatic rings. The summed E-state index contributed by atoms with van der Waals surface area (Å²) in [6.07, 6.45) is 1.08. The lowest BCUT2D eigenvalue weighted by molar-refractivity contribution is 0.0947. The largest absolute Gasteiger partial charge is 0.351 e. The molecule has 0 fully saturated rings. The van der Waals surface area contributed by atoms with Crippen LogP contribution in [0.1, 0.15) is 30.6 Å². The molecule has 1 aromatic carbocycles. The van der Waals surface area contributed by atoms with Crippen molar-refractivity contribution in [2.24, 2.45) is 0 Å². The van der Waals surface area contributed by atoms with E-state index in [-0.39, 0.29) is 11.7 Å². The number of rotatable bonds is 6. The van der Waals surface area contributed by atoms with Gasteiger partial charge in [-0.15, -0.1) is 0 Å². The molecule has 4 heteroatoms.